The van der Waals surface area contributed by atoms with Gasteiger partial charge in [-0.15, -0.1) is 11.3 Å². The summed E-state index contributed by atoms with van der Waals surface area (Å²) in [6.45, 7) is 1.97. The van der Waals surface area contributed by atoms with Crippen LogP contribution in [0.5, 0.6) is 0 Å². The Morgan fingerprint density at radius 1 is 1.12 bits per heavy atom. The van der Waals surface area contributed by atoms with Gasteiger partial charge in [0.05, 0.1) is 28.3 Å². The van der Waals surface area contributed by atoms with Crippen LogP contribution in [0.25, 0.3) is 28.2 Å². The Labute approximate surface area is 201 Å². The molecule has 0 aromatic carbocycles. The second-order valence-electron chi connectivity index (χ2n) is 9.27. The summed E-state index contributed by atoms with van der Waals surface area (Å²) in [6, 6.07) is 4.67. The molecule has 0 amide bonds. The van der Waals surface area contributed by atoms with Gasteiger partial charge in [0.25, 0.3) is 0 Å². The highest BCUT2D eigenvalue weighted by Crippen LogP contribution is 2.41. The fraction of sp³-hybridized carbons (Fsp3) is 0.391. The smallest absolute Gasteiger partial charge is 0.180 e. The van der Waals surface area contributed by atoms with Crippen molar-refractivity contribution in [3.05, 3.63) is 40.6 Å². The minimum Gasteiger partial charge on any atom is -0.382 e. The molecule has 11 heteroatoms. The second-order valence-corrected chi connectivity index (χ2v) is 12.3. The number of sulfone groups is 1. The first-order valence-electron chi connectivity index (χ1n) is 11.3. The predicted molar refractivity (Wildman–Crippen MR) is 132 cm³/mol. The van der Waals surface area contributed by atoms with Crippen LogP contribution in [0.2, 0.25) is 0 Å². The van der Waals surface area contributed by atoms with Crippen LogP contribution in [0.3, 0.4) is 0 Å². The molecule has 2 atom stereocenters. The van der Waals surface area contributed by atoms with Crippen LogP contribution in [0.15, 0.2) is 34.8 Å². The van der Waals surface area contributed by atoms with Crippen molar-refractivity contribution in [1.29, 1.82) is 0 Å². The monoisotopic (exact) mass is 495 g/mol. The zero-order chi connectivity index (χ0) is 23.6. The van der Waals surface area contributed by atoms with Gasteiger partial charge in [0, 0.05) is 47.0 Å². The number of nitrogens with zero attached hydrogens (tertiary/aromatic N) is 5. The fourth-order valence-electron chi connectivity index (χ4n) is 5.34. The maximum atomic E-state index is 12.8. The third kappa shape index (κ3) is 3.58. The highest BCUT2D eigenvalue weighted by molar-refractivity contribution is 7.91. The molecule has 6 rings (SSSR count). The Hall–Kier alpha value is -2.89. The molecular weight excluding hydrogens is 470 g/mol. The largest absolute Gasteiger partial charge is 0.382 e. The number of nitrogens with one attached hydrogen (secondary N) is 1. The standard InChI is InChI=1S/C23H25N7O2S2/c1-12-27-19(11-33-12)18-6-3-13(9-25-18)17-10-26-30-22(24)21(34(2,31)32)20(29-23(17)30)14-7-15-4-5-16(8-14)28-15/h3,6,9-11,14-16,28H,4-5,7-8,24H2,1-2H3. The Morgan fingerprint density at radius 2 is 1.88 bits per heavy atom. The van der Waals surface area contributed by atoms with E-state index in [4.69, 9.17) is 10.7 Å². The topological polar surface area (TPSA) is 128 Å². The lowest BCUT2D eigenvalue weighted by Gasteiger charge is -2.30. The molecule has 4 aromatic rings. The molecule has 2 unspecified atom stereocenters. The average molecular weight is 496 g/mol. The minimum atomic E-state index is -3.60. The molecule has 176 valence electrons. The molecule has 6 heterocycles. The maximum absolute atomic E-state index is 12.8. The molecule has 3 N–H and O–H groups in total. The van der Waals surface area contributed by atoms with E-state index in [0.29, 0.717) is 23.4 Å². The molecule has 2 aliphatic rings. The zero-order valence-corrected chi connectivity index (χ0v) is 20.5. The van der Waals surface area contributed by atoms with Gasteiger partial charge < -0.3 is 11.1 Å². The molecule has 2 aliphatic heterocycles. The van der Waals surface area contributed by atoms with Crippen LogP contribution < -0.4 is 11.1 Å². The van der Waals surface area contributed by atoms with Gasteiger partial charge in [0.1, 0.15) is 10.7 Å². The lowest BCUT2D eigenvalue weighted by molar-refractivity contribution is 0.355. The van der Waals surface area contributed by atoms with Gasteiger partial charge in [-0.2, -0.15) is 9.61 Å². The summed E-state index contributed by atoms with van der Waals surface area (Å²) in [5.74, 6) is 0.147. The maximum Gasteiger partial charge on any atom is 0.180 e. The molecule has 2 bridgehead atoms. The van der Waals surface area contributed by atoms with Gasteiger partial charge in [-0.05, 0) is 38.7 Å². The molecule has 0 saturated carbocycles. The van der Waals surface area contributed by atoms with Crippen LogP contribution in [0.1, 0.15) is 42.3 Å². The zero-order valence-electron chi connectivity index (χ0n) is 18.9. The van der Waals surface area contributed by atoms with E-state index in [0.717, 1.165) is 53.2 Å². The normalized spacial score (nSPS) is 22.5. The number of thiazole rings is 1. The van der Waals surface area contributed by atoms with Gasteiger partial charge in [-0.1, -0.05) is 6.07 Å². The van der Waals surface area contributed by atoms with Crippen LogP contribution in [0.4, 0.5) is 5.82 Å². The number of nitrogens with two attached hydrogens (primary N) is 1. The van der Waals surface area contributed by atoms with Gasteiger partial charge in [-0.25, -0.2) is 18.4 Å². The third-order valence-corrected chi connectivity index (χ3v) is 8.78. The van der Waals surface area contributed by atoms with Gasteiger partial charge in [0.15, 0.2) is 15.5 Å². The van der Waals surface area contributed by atoms with Crippen molar-refractivity contribution in [2.75, 3.05) is 12.0 Å². The van der Waals surface area contributed by atoms with E-state index in [2.05, 4.69) is 20.4 Å². The number of aromatic nitrogens is 5. The summed E-state index contributed by atoms with van der Waals surface area (Å²) in [4.78, 5) is 14.1. The first-order valence-corrected chi connectivity index (χ1v) is 14.1. The molecular formula is C23H25N7O2S2. The van der Waals surface area contributed by atoms with Crippen molar-refractivity contribution >= 4 is 32.6 Å². The number of aryl methyl sites for hydroxylation is 1. The summed E-state index contributed by atoms with van der Waals surface area (Å²) in [6.07, 6.45) is 8.57. The van der Waals surface area contributed by atoms with Crippen LogP contribution in [-0.4, -0.2) is 51.3 Å². The van der Waals surface area contributed by atoms with Gasteiger partial charge >= 0.3 is 0 Å². The molecule has 0 aliphatic carbocycles. The Morgan fingerprint density at radius 3 is 2.50 bits per heavy atom. The number of pyridine rings is 1. The summed E-state index contributed by atoms with van der Waals surface area (Å²) < 4.78 is 27.0. The first kappa shape index (κ1) is 21.6. The number of anilines is 1. The van der Waals surface area contributed by atoms with E-state index < -0.39 is 9.84 Å². The van der Waals surface area contributed by atoms with E-state index in [1.54, 1.807) is 23.7 Å². The fourth-order valence-corrected chi connectivity index (χ4v) is 7.01. The number of rotatable bonds is 4. The lowest BCUT2D eigenvalue weighted by Crippen LogP contribution is -2.38. The van der Waals surface area contributed by atoms with Crippen LogP contribution >= 0.6 is 11.3 Å². The molecule has 2 fully saturated rings. The number of hydrogen-bond donors (Lipinski definition) is 2. The second kappa shape index (κ2) is 7.82. The SMILES string of the molecule is Cc1nc(-c2ccc(-c3cnn4c(N)c(S(C)(=O)=O)c(C5CC6CCC(C5)N6)nc34)cn2)cs1. The van der Waals surface area contributed by atoms with Crippen molar-refractivity contribution in [2.24, 2.45) is 0 Å². The molecule has 0 radical (unpaired) electrons. The average Bonchev–Trinajstić information content (AvgIpc) is 3.51. The summed E-state index contributed by atoms with van der Waals surface area (Å²) in [5.41, 5.74) is 10.8. The Balaban J connectivity index is 1.48. The van der Waals surface area contributed by atoms with Crippen LogP contribution in [-0.2, 0) is 9.84 Å². The Bertz CT molecular complexity index is 1500. The van der Waals surface area contributed by atoms with E-state index in [1.165, 1.54) is 10.8 Å². The molecule has 34 heavy (non-hydrogen) atoms. The van der Waals surface area contributed by atoms with Gasteiger partial charge in [-0.3, -0.25) is 4.98 Å². The summed E-state index contributed by atoms with van der Waals surface area (Å²) >= 11 is 1.59. The van der Waals surface area contributed by atoms with Crippen molar-refractivity contribution in [3.8, 4) is 22.5 Å². The highest BCUT2D eigenvalue weighted by Gasteiger charge is 2.38. The van der Waals surface area contributed by atoms with E-state index >= 15 is 0 Å². The lowest BCUT2D eigenvalue weighted by atomic mass is 9.89. The predicted octanol–water partition coefficient (Wildman–Crippen LogP) is 3.21. The minimum absolute atomic E-state index is 0.0342. The molecule has 4 aromatic heterocycles. The van der Waals surface area contributed by atoms with E-state index in [1.807, 2.05) is 24.4 Å². The van der Waals surface area contributed by atoms with Crippen molar-refractivity contribution in [2.45, 2.75) is 55.5 Å². The Kier molecular flexibility index (Phi) is 4.98. The van der Waals surface area contributed by atoms with Crippen LogP contribution in [0, 0.1) is 6.92 Å². The first-order chi connectivity index (χ1) is 16.3. The molecule has 2 saturated heterocycles. The van der Waals surface area contributed by atoms with Crippen molar-refractivity contribution < 1.29 is 8.42 Å². The number of nitrogen functional groups attached to an aromatic ring is 1. The van der Waals surface area contributed by atoms with E-state index in [-0.39, 0.29) is 16.6 Å². The number of fused-ring (bicyclic) bond motifs is 3. The number of piperidine rings is 1. The summed E-state index contributed by atoms with van der Waals surface area (Å²) in [5, 5.41) is 11.0. The van der Waals surface area contributed by atoms with Gasteiger partial charge in [0.2, 0.25) is 0 Å². The summed E-state index contributed by atoms with van der Waals surface area (Å²) in [7, 11) is -3.60. The number of hydrogen-bond acceptors (Lipinski definition) is 9. The quantitative estimate of drug-likeness (QED) is 0.442. The highest BCUT2D eigenvalue weighted by atomic mass is 32.2. The third-order valence-electron chi connectivity index (χ3n) is 6.85. The molecule has 9 nitrogen and oxygen atoms in total. The van der Waals surface area contributed by atoms with Crippen molar-refractivity contribution in [1.82, 2.24) is 29.9 Å². The molecule has 0 spiro atoms. The van der Waals surface area contributed by atoms with E-state index in [9.17, 15) is 8.42 Å². The van der Waals surface area contributed by atoms with Crippen molar-refractivity contribution in [3.63, 3.8) is 0 Å².